The maximum Gasteiger partial charge on any atom is 0.193 e. The van der Waals surface area contributed by atoms with Crippen LogP contribution in [0.1, 0.15) is 44.6 Å². The van der Waals surface area contributed by atoms with Crippen molar-refractivity contribution in [1.82, 2.24) is 15.1 Å². The number of likely N-dealkylation sites (tertiary alicyclic amines) is 2. The molecule has 4 rings (SSSR count). The summed E-state index contributed by atoms with van der Waals surface area (Å²) < 4.78 is 23.6. The van der Waals surface area contributed by atoms with Crippen LogP contribution in [0.3, 0.4) is 0 Å². The van der Waals surface area contributed by atoms with Crippen molar-refractivity contribution in [3.05, 3.63) is 35.9 Å². The number of nitrogens with zero attached hydrogens (tertiary/aromatic N) is 3. The molecule has 0 aromatic heterocycles. The van der Waals surface area contributed by atoms with Crippen molar-refractivity contribution in [2.45, 2.75) is 51.6 Å². The molecule has 8 heteroatoms. The zero-order chi connectivity index (χ0) is 21.9. The zero-order valence-corrected chi connectivity index (χ0v) is 22.6. The molecule has 0 amide bonds. The molecule has 1 aliphatic carbocycles. The number of rotatable bonds is 7. The van der Waals surface area contributed by atoms with Crippen LogP contribution in [-0.4, -0.2) is 75.0 Å². The molecular weight excluding hydrogens is 535 g/mol. The molecule has 2 atom stereocenters. The molecule has 0 radical (unpaired) electrons. The van der Waals surface area contributed by atoms with Crippen molar-refractivity contribution in [3.63, 3.8) is 0 Å². The number of sulfone groups is 1. The molecule has 2 saturated heterocycles. The van der Waals surface area contributed by atoms with Gasteiger partial charge in [-0.1, -0.05) is 30.3 Å². The summed E-state index contributed by atoms with van der Waals surface area (Å²) in [5, 5.41) is 3.47. The molecule has 6 nitrogen and oxygen atoms in total. The third-order valence-electron chi connectivity index (χ3n) is 7.14. The van der Waals surface area contributed by atoms with E-state index < -0.39 is 9.84 Å². The van der Waals surface area contributed by atoms with Crippen LogP contribution >= 0.6 is 24.0 Å². The molecule has 3 fully saturated rings. The first kappa shape index (κ1) is 25.7. The van der Waals surface area contributed by atoms with Crippen molar-refractivity contribution >= 4 is 39.8 Å². The lowest BCUT2D eigenvalue weighted by atomic mass is 9.83. The van der Waals surface area contributed by atoms with E-state index in [2.05, 4.69) is 52.4 Å². The first-order chi connectivity index (χ1) is 14.9. The van der Waals surface area contributed by atoms with Crippen LogP contribution in [0.2, 0.25) is 0 Å². The number of halogens is 1. The summed E-state index contributed by atoms with van der Waals surface area (Å²) in [6.07, 6.45) is 6.99. The number of fused-ring (bicyclic) bond motifs is 1. The molecule has 0 bridgehead atoms. The van der Waals surface area contributed by atoms with Crippen molar-refractivity contribution in [2.24, 2.45) is 16.3 Å². The van der Waals surface area contributed by atoms with E-state index in [1.807, 2.05) is 0 Å². The predicted octanol–water partition coefficient (Wildman–Crippen LogP) is 3.38. The second-order valence-electron chi connectivity index (χ2n) is 9.90. The Bertz CT molecular complexity index is 873. The summed E-state index contributed by atoms with van der Waals surface area (Å²) in [7, 11) is -2.96. The van der Waals surface area contributed by atoms with Crippen molar-refractivity contribution in [2.75, 3.05) is 44.7 Å². The molecule has 2 heterocycles. The van der Waals surface area contributed by atoms with Gasteiger partial charge in [-0.2, -0.15) is 0 Å². The molecule has 0 spiro atoms. The van der Waals surface area contributed by atoms with Crippen LogP contribution < -0.4 is 5.32 Å². The SMILES string of the molecule is CCNC(=NCC1(CS(C)(=O)=O)CC1)N1CCC2C(CCCN2Cc2ccccc2)C1.I. The number of guanidine groups is 1. The van der Waals surface area contributed by atoms with E-state index in [4.69, 9.17) is 4.99 Å². The normalized spacial score (nSPS) is 25.6. The standard InChI is InChI=1S/C24H38N4O2S.HI/c1-3-25-23(26-18-24(12-13-24)19-31(2,29)30)28-15-11-22-21(17-28)10-7-14-27(22)16-20-8-5-4-6-9-20;/h4-6,8-9,21-22H,3,7,10-19H2,1-2H3,(H,25,26);1H. The minimum atomic E-state index is -2.96. The van der Waals surface area contributed by atoms with Crippen molar-refractivity contribution < 1.29 is 8.42 Å². The molecule has 32 heavy (non-hydrogen) atoms. The lowest BCUT2D eigenvalue weighted by molar-refractivity contribution is 0.0372. The number of hydrogen-bond donors (Lipinski definition) is 1. The highest BCUT2D eigenvalue weighted by Gasteiger charge is 2.45. The van der Waals surface area contributed by atoms with Crippen LogP contribution in [0.5, 0.6) is 0 Å². The first-order valence-corrected chi connectivity index (χ1v) is 13.9. The van der Waals surface area contributed by atoms with Crippen LogP contribution in [-0.2, 0) is 16.4 Å². The van der Waals surface area contributed by atoms with Gasteiger partial charge in [0.25, 0.3) is 0 Å². The highest BCUT2D eigenvalue weighted by molar-refractivity contribution is 14.0. The average molecular weight is 575 g/mol. The number of piperidine rings is 2. The Balaban J connectivity index is 0.00000289. The molecule has 1 saturated carbocycles. The van der Waals surface area contributed by atoms with Gasteiger partial charge in [-0.15, -0.1) is 24.0 Å². The van der Waals surface area contributed by atoms with Gasteiger partial charge in [0.2, 0.25) is 0 Å². The van der Waals surface area contributed by atoms with E-state index in [1.54, 1.807) is 0 Å². The number of benzene rings is 1. The molecule has 1 aromatic rings. The molecule has 2 unspecified atom stereocenters. The fourth-order valence-electron chi connectivity index (χ4n) is 5.46. The van der Waals surface area contributed by atoms with E-state index in [0.717, 1.165) is 51.4 Å². The summed E-state index contributed by atoms with van der Waals surface area (Å²) in [6, 6.07) is 11.5. The largest absolute Gasteiger partial charge is 0.357 e. The summed E-state index contributed by atoms with van der Waals surface area (Å²) in [6.45, 7) is 7.85. The fraction of sp³-hybridized carbons (Fsp3) is 0.708. The third-order valence-corrected chi connectivity index (χ3v) is 8.27. The van der Waals surface area contributed by atoms with Gasteiger partial charge < -0.3 is 10.2 Å². The second-order valence-corrected chi connectivity index (χ2v) is 12.0. The summed E-state index contributed by atoms with van der Waals surface area (Å²) in [5.41, 5.74) is 1.28. The Labute approximate surface area is 211 Å². The molecule has 180 valence electrons. The summed E-state index contributed by atoms with van der Waals surface area (Å²) >= 11 is 0. The average Bonchev–Trinajstić information content (AvgIpc) is 3.49. The van der Waals surface area contributed by atoms with Crippen LogP contribution in [0.15, 0.2) is 35.3 Å². The quantitative estimate of drug-likeness (QED) is 0.308. The van der Waals surface area contributed by atoms with Gasteiger partial charge in [-0.3, -0.25) is 9.89 Å². The molecule has 1 N–H and O–H groups in total. The van der Waals surface area contributed by atoms with Gasteiger partial charge in [-0.05, 0) is 57.1 Å². The molecule has 2 aliphatic heterocycles. The Hall–Kier alpha value is -0.870. The molecule has 3 aliphatic rings. The monoisotopic (exact) mass is 574 g/mol. The highest BCUT2D eigenvalue weighted by atomic mass is 127. The predicted molar refractivity (Wildman–Crippen MR) is 142 cm³/mol. The number of aliphatic imine (C=N–C) groups is 1. The van der Waals surface area contributed by atoms with E-state index in [-0.39, 0.29) is 35.1 Å². The van der Waals surface area contributed by atoms with Gasteiger partial charge in [0.15, 0.2) is 5.96 Å². The Kier molecular flexibility index (Phi) is 8.88. The highest BCUT2D eigenvalue weighted by Crippen LogP contribution is 2.47. The van der Waals surface area contributed by atoms with Crippen molar-refractivity contribution in [1.29, 1.82) is 0 Å². The van der Waals surface area contributed by atoms with E-state index in [0.29, 0.717) is 18.5 Å². The zero-order valence-electron chi connectivity index (χ0n) is 19.5. The van der Waals surface area contributed by atoms with E-state index >= 15 is 0 Å². The summed E-state index contributed by atoms with van der Waals surface area (Å²) in [5.74, 6) is 1.91. The lowest BCUT2D eigenvalue weighted by Gasteiger charge is -2.48. The minimum absolute atomic E-state index is 0. The first-order valence-electron chi connectivity index (χ1n) is 11.9. The number of nitrogens with one attached hydrogen (secondary N) is 1. The van der Waals surface area contributed by atoms with Crippen LogP contribution in [0, 0.1) is 11.3 Å². The fourth-order valence-corrected chi connectivity index (χ4v) is 6.96. The molecule has 1 aromatic carbocycles. The third kappa shape index (κ3) is 6.82. The maximum atomic E-state index is 11.8. The second kappa shape index (κ2) is 11.0. The van der Waals surface area contributed by atoms with Gasteiger partial charge in [0, 0.05) is 50.4 Å². The Morgan fingerprint density at radius 3 is 2.59 bits per heavy atom. The Morgan fingerprint density at radius 2 is 1.94 bits per heavy atom. The summed E-state index contributed by atoms with van der Waals surface area (Å²) in [4.78, 5) is 10.0. The van der Waals surface area contributed by atoms with Gasteiger partial charge in [0.05, 0.1) is 5.75 Å². The maximum absolute atomic E-state index is 11.8. The molecular formula is C24H39IN4O2S. The van der Waals surface area contributed by atoms with Gasteiger partial charge in [0.1, 0.15) is 9.84 Å². The van der Waals surface area contributed by atoms with E-state index in [9.17, 15) is 8.42 Å². The topological polar surface area (TPSA) is 65.0 Å². The van der Waals surface area contributed by atoms with Crippen molar-refractivity contribution in [3.8, 4) is 0 Å². The van der Waals surface area contributed by atoms with Crippen LogP contribution in [0.4, 0.5) is 0 Å². The van der Waals surface area contributed by atoms with Crippen LogP contribution in [0.25, 0.3) is 0 Å². The number of hydrogen-bond acceptors (Lipinski definition) is 4. The van der Waals surface area contributed by atoms with Gasteiger partial charge >= 0.3 is 0 Å². The van der Waals surface area contributed by atoms with E-state index in [1.165, 1.54) is 31.2 Å². The van der Waals surface area contributed by atoms with Gasteiger partial charge in [-0.25, -0.2) is 8.42 Å². The smallest absolute Gasteiger partial charge is 0.193 e. The Morgan fingerprint density at radius 1 is 1.19 bits per heavy atom. The minimum Gasteiger partial charge on any atom is -0.357 e. The lowest BCUT2D eigenvalue weighted by Crippen LogP contribution is -2.56.